The Labute approximate surface area is 192 Å². The first-order chi connectivity index (χ1) is 16.0. The summed E-state index contributed by atoms with van der Waals surface area (Å²) in [5, 5.41) is 3.15. The number of halogens is 9. The van der Waals surface area contributed by atoms with Crippen molar-refractivity contribution in [2.24, 2.45) is 0 Å². The fourth-order valence-electron chi connectivity index (χ4n) is 4.16. The number of benzene rings is 2. The molecule has 0 spiro atoms. The molecule has 1 heterocycles. The van der Waals surface area contributed by atoms with Crippen LogP contribution >= 0.6 is 0 Å². The highest BCUT2D eigenvalue weighted by atomic mass is 19.4. The van der Waals surface area contributed by atoms with Crippen molar-refractivity contribution >= 4 is 5.97 Å². The number of alkyl halides is 9. The lowest BCUT2D eigenvalue weighted by Gasteiger charge is -2.36. The van der Waals surface area contributed by atoms with Gasteiger partial charge in [-0.05, 0) is 11.1 Å². The van der Waals surface area contributed by atoms with E-state index in [1.54, 1.807) is 18.2 Å². The second-order valence-electron chi connectivity index (χ2n) is 8.22. The molecule has 0 unspecified atom stereocenters. The number of carbonyl (C=O) groups excluding carboxylic acids is 1. The van der Waals surface area contributed by atoms with Gasteiger partial charge in [-0.3, -0.25) is 4.89 Å². The highest BCUT2D eigenvalue weighted by molar-refractivity contribution is 5.75. The predicted molar refractivity (Wildman–Crippen MR) is 103 cm³/mol. The van der Waals surface area contributed by atoms with Crippen LogP contribution in [0.1, 0.15) is 29.5 Å². The maximum absolute atomic E-state index is 13.7. The molecule has 3 rings (SSSR count). The Balaban J connectivity index is 2.02. The van der Waals surface area contributed by atoms with Gasteiger partial charge in [0.15, 0.2) is 0 Å². The van der Waals surface area contributed by atoms with Crippen molar-refractivity contribution in [1.82, 2.24) is 5.32 Å². The zero-order valence-corrected chi connectivity index (χ0v) is 17.8. The molecule has 2 aromatic rings. The Morgan fingerprint density at radius 1 is 0.886 bits per heavy atom. The highest BCUT2D eigenvalue weighted by Gasteiger charge is 2.76. The molecule has 1 N–H and O–H groups in total. The van der Waals surface area contributed by atoms with Crippen molar-refractivity contribution in [1.29, 1.82) is 0 Å². The number of rotatable bonds is 5. The van der Waals surface area contributed by atoms with Gasteiger partial charge in [-0.1, -0.05) is 61.5 Å². The van der Waals surface area contributed by atoms with Crippen LogP contribution in [-0.2, 0) is 25.6 Å². The molecule has 13 heteroatoms. The topological polar surface area (TPSA) is 47.6 Å². The molecule has 0 saturated carbocycles. The summed E-state index contributed by atoms with van der Waals surface area (Å²) in [6.45, 7) is 2.74. The summed E-state index contributed by atoms with van der Waals surface area (Å²) in [7, 11) is 0. The Hall–Kier alpha value is -2.80. The lowest BCUT2D eigenvalue weighted by atomic mass is 9.71. The molecule has 1 saturated heterocycles. The molecule has 2 aromatic carbocycles. The van der Waals surface area contributed by atoms with Crippen molar-refractivity contribution in [3.05, 3.63) is 71.3 Å². The summed E-state index contributed by atoms with van der Waals surface area (Å²) in [5.41, 5.74) is -6.23. The molecule has 192 valence electrons. The van der Waals surface area contributed by atoms with E-state index in [1.807, 2.05) is 19.1 Å². The van der Waals surface area contributed by atoms with Gasteiger partial charge in [0.2, 0.25) is 0 Å². The van der Waals surface area contributed by atoms with Crippen LogP contribution in [0.15, 0.2) is 54.6 Å². The quantitative estimate of drug-likeness (QED) is 0.316. The molecule has 0 aromatic heterocycles. The van der Waals surface area contributed by atoms with E-state index in [9.17, 15) is 44.3 Å². The van der Waals surface area contributed by atoms with Gasteiger partial charge in [0.05, 0.1) is 0 Å². The molecular formula is C22H18F9NO3. The van der Waals surface area contributed by atoms with Crippen molar-refractivity contribution in [3.8, 4) is 0 Å². The Morgan fingerprint density at radius 2 is 1.43 bits per heavy atom. The van der Waals surface area contributed by atoms with E-state index < -0.39 is 41.1 Å². The van der Waals surface area contributed by atoms with Gasteiger partial charge in [0.25, 0.3) is 0 Å². The van der Waals surface area contributed by atoms with Gasteiger partial charge in [-0.15, -0.1) is 0 Å². The van der Waals surface area contributed by atoms with Crippen molar-refractivity contribution in [3.63, 3.8) is 0 Å². The molecule has 0 aliphatic carbocycles. The van der Waals surface area contributed by atoms with E-state index in [1.165, 1.54) is 0 Å². The van der Waals surface area contributed by atoms with E-state index in [-0.39, 0.29) is 5.92 Å². The predicted octanol–water partition coefficient (Wildman–Crippen LogP) is 5.69. The second kappa shape index (κ2) is 9.01. The Bertz CT molecular complexity index is 1020. The van der Waals surface area contributed by atoms with Crippen LogP contribution in [0.4, 0.5) is 39.5 Å². The van der Waals surface area contributed by atoms with E-state index in [0.717, 1.165) is 17.7 Å². The van der Waals surface area contributed by atoms with Crippen LogP contribution in [0.3, 0.4) is 0 Å². The summed E-state index contributed by atoms with van der Waals surface area (Å²) in [6, 6.07) is 12.0. The van der Waals surface area contributed by atoms with Gasteiger partial charge in [-0.2, -0.15) is 44.4 Å². The average molecular weight is 515 g/mol. The lowest BCUT2D eigenvalue weighted by Crippen LogP contribution is -2.56. The van der Waals surface area contributed by atoms with Crippen molar-refractivity contribution < 1.29 is 54.1 Å². The monoisotopic (exact) mass is 515 g/mol. The van der Waals surface area contributed by atoms with E-state index in [4.69, 9.17) is 0 Å². The molecule has 1 aliphatic heterocycles. The molecule has 0 radical (unpaired) electrons. The minimum absolute atomic E-state index is 0.353. The molecule has 1 aliphatic rings. The maximum atomic E-state index is 13.7. The smallest absolute Gasteiger partial charge is 0.315 e. The number of hydrogen-bond donors (Lipinski definition) is 1. The van der Waals surface area contributed by atoms with Crippen LogP contribution in [-0.4, -0.2) is 37.6 Å². The van der Waals surface area contributed by atoms with Gasteiger partial charge in [0, 0.05) is 30.0 Å². The lowest BCUT2D eigenvalue weighted by molar-refractivity contribution is -0.478. The van der Waals surface area contributed by atoms with Gasteiger partial charge < -0.3 is 5.32 Å². The third kappa shape index (κ3) is 4.83. The van der Waals surface area contributed by atoms with E-state index in [2.05, 4.69) is 15.1 Å². The van der Waals surface area contributed by atoms with E-state index >= 15 is 0 Å². The van der Waals surface area contributed by atoms with Gasteiger partial charge in [0.1, 0.15) is 0 Å². The summed E-state index contributed by atoms with van der Waals surface area (Å²) < 4.78 is 119. The van der Waals surface area contributed by atoms with Crippen LogP contribution in [0.2, 0.25) is 0 Å². The third-order valence-corrected chi connectivity index (χ3v) is 6.03. The number of carbonyl (C=O) groups is 1. The van der Waals surface area contributed by atoms with Gasteiger partial charge >= 0.3 is 30.1 Å². The van der Waals surface area contributed by atoms with Crippen molar-refractivity contribution in [2.45, 2.75) is 42.4 Å². The van der Waals surface area contributed by atoms with Crippen LogP contribution in [0.5, 0.6) is 0 Å². The molecular weight excluding hydrogens is 497 g/mol. The first kappa shape index (κ1) is 26.8. The minimum atomic E-state index is -6.34. The molecule has 35 heavy (non-hydrogen) atoms. The summed E-state index contributed by atoms with van der Waals surface area (Å²) in [6.07, 6.45) is -18.6. The first-order valence-electron chi connectivity index (χ1n) is 10.0. The van der Waals surface area contributed by atoms with E-state index in [0.29, 0.717) is 30.8 Å². The maximum Gasteiger partial charge on any atom is 0.494 e. The zero-order valence-electron chi connectivity index (χ0n) is 17.8. The van der Waals surface area contributed by atoms with Gasteiger partial charge in [-0.25, -0.2) is 4.79 Å². The summed E-state index contributed by atoms with van der Waals surface area (Å²) in [5.74, 6) is -3.73. The fraction of sp³-hybridized carbons (Fsp3) is 0.409. The average Bonchev–Trinajstić information content (AvgIpc) is 3.15. The second-order valence-corrected chi connectivity index (χ2v) is 8.22. The molecule has 4 nitrogen and oxygen atoms in total. The number of hydrogen-bond acceptors (Lipinski definition) is 4. The van der Waals surface area contributed by atoms with Crippen molar-refractivity contribution in [2.75, 3.05) is 13.1 Å². The molecule has 1 fully saturated rings. The Kier molecular flexibility index (Phi) is 6.90. The zero-order chi connectivity index (χ0) is 26.3. The normalized spacial score (nSPS) is 21.7. The largest absolute Gasteiger partial charge is 0.494 e. The first-order valence-corrected chi connectivity index (χ1v) is 10.0. The van der Waals surface area contributed by atoms with Crippen LogP contribution < -0.4 is 5.32 Å². The third-order valence-electron chi connectivity index (χ3n) is 6.03. The number of nitrogens with one attached hydrogen (secondary N) is 1. The van der Waals surface area contributed by atoms with Crippen LogP contribution in [0.25, 0.3) is 0 Å². The standard InChI is InChI=1S/C22H18F9NO3/c1-18(14-5-3-2-4-6-14)12-32-11-16(18)13-7-9-15(10-8-13)19(21(26,27)28,22(29,30)31)35-34-17(33)20(23,24)25/h2-10,16,32H,11-12H2,1H3/t16-,18+/m0/s1. The summed E-state index contributed by atoms with van der Waals surface area (Å²) >= 11 is 0. The Morgan fingerprint density at radius 3 is 1.91 bits per heavy atom. The SMILES string of the molecule is C[C@]1(c2ccccc2)CNC[C@H]1c1ccc(C(OOC(=O)C(F)(F)F)(C(F)(F)F)C(F)(F)F)cc1. The fourth-order valence-corrected chi connectivity index (χ4v) is 4.16. The van der Waals surface area contributed by atoms with Crippen LogP contribution in [0, 0.1) is 0 Å². The minimum Gasteiger partial charge on any atom is -0.315 e. The molecule has 2 atom stereocenters. The highest BCUT2D eigenvalue weighted by Crippen LogP contribution is 2.53. The summed E-state index contributed by atoms with van der Waals surface area (Å²) in [4.78, 5) is 17.1. The molecule has 0 bridgehead atoms. The molecule has 0 amide bonds.